The van der Waals surface area contributed by atoms with Crippen LogP contribution in [-0.2, 0) is 4.74 Å². The Morgan fingerprint density at radius 1 is 1.68 bits per heavy atom. The molecule has 6 heteroatoms. The average molecular weight is 328 g/mol. The molecule has 2 unspecified atom stereocenters. The fourth-order valence-electron chi connectivity index (χ4n) is 2.21. The highest BCUT2D eigenvalue weighted by Gasteiger charge is 2.31. The lowest BCUT2D eigenvalue weighted by Gasteiger charge is -2.38. The number of rotatable bonds is 2. The van der Waals surface area contributed by atoms with Crippen molar-refractivity contribution < 1.29 is 9.53 Å². The molecule has 5 nitrogen and oxygen atoms in total. The third kappa shape index (κ3) is 3.06. The Kier molecular flexibility index (Phi) is 4.42. The van der Waals surface area contributed by atoms with Crippen LogP contribution in [0.25, 0.3) is 0 Å². The van der Waals surface area contributed by atoms with E-state index in [1.165, 1.54) is 0 Å². The lowest BCUT2D eigenvalue weighted by atomic mass is 10.1. The first kappa shape index (κ1) is 14.3. The van der Waals surface area contributed by atoms with Crippen LogP contribution >= 0.6 is 15.9 Å². The molecule has 0 saturated carbocycles. The Hall–Kier alpha value is -1.14. The molecule has 0 bridgehead atoms. The predicted octanol–water partition coefficient (Wildman–Crippen LogP) is 2.07. The van der Waals surface area contributed by atoms with E-state index in [-0.39, 0.29) is 23.9 Å². The second-order valence-corrected chi connectivity index (χ2v) is 5.67. The lowest BCUT2D eigenvalue weighted by molar-refractivity contribution is -0.0443. The van der Waals surface area contributed by atoms with Gasteiger partial charge in [0.15, 0.2) is 0 Å². The van der Waals surface area contributed by atoms with Gasteiger partial charge in [-0.1, -0.05) is 6.92 Å². The molecule has 1 fully saturated rings. The van der Waals surface area contributed by atoms with Crippen LogP contribution in [0.3, 0.4) is 0 Å². The summed E-state index contributed by atoms with van der Waals surface area (Å²) in [4.78, 5) is 18.5. The normalized spacial score (nSPS) is 23.4. The minimum atomic E-state index is -0.0756. The maximum Gasteiger partial charge on any atom is 0.258 e. The summed E-state index contributed by atoms with van der Waals surface area (Å²) in [6.45, 7) is 5.18. The Labute approximate surface area is 121 Å². The molecule has 104 valence electrons. The maximum absolute atomic E-state index is 12.6. The Morgan fingerprint density at radius 3 is 3.11 bits per heavy atom. The van der Waals surface area contributed by atoms with Crippen LogP contribution in [0.4, 0.5) is 5.82 Å². The van der Waals surface area contributed by atoms with Crippen molar-refractivity contribution in [2.75, 3.05) is 18.9 Å². The van der Waals surface area contributed by atoms with Crippen LogP contribution in [0.2, 0.25) is 0 Å². The van der Waals surface area contributed by atoms with E-state index >= 15 is 0 Å². The minimum absolute atomic E-state index is 0.0492. The largest absolute Gasteiger partial charge is 0.383 e. The number of carbonyl (C=O) groups is 1. The summed E-state index contributed by atoms with van der Waals surface area (Å²) >= 11 is 3.32. The number of anilines is 1. The van der Waals surface area contributed by atoms with Gasteiger partial charge < -0.3 is 15.4 Å². The summed E-state index contributed by atoms with van der Waals surface area (Å²) in [5.74, 6) is 0.190. The Bertz CT molecular complexity index is 481. The number of aromatic nitrogens is 1. The van der Waals surface area contributed by atoms with Gasteiger partial charge in [0.25, 0.3) is 5.91 Å². The predicted molar refractivity (Wildman–Crippen MR) is 76.9 cm³/mol. The molecule has 1 aromatic heterocycles. The van der Waals surface area contributed by atoms with Crippen molar-refractivity contribution in [1.29, 1.82) is 0 Å². The molecule has 0 radical (unpaired) electrons. The average Bonchev–Trinajstić information content (AvgIpc) is 2.40. The van der Waals surface area contributed by atoms with Crippen LogP contribution in [0.15, 0.2) is 16.7 Å². The number of pyridine rings is 1. The molecule has 2 heterocycles. The smallest absolute Gasteiger partial charge is 0.258 e. The number of carbonyl (C=O) groups excluding carboxylic acids is 1. The quantitative estimate of drug-likeness (QED) is 0.902. The molecule has 2 rings (SSSR count). The van der Waals surface area contributed by atoms with Gasteiger partial charge in [-0.15, -0.1) is 0 Å². The van der Waals surface area contributed by atoms with Gasteiger partial charge in [0.05, 0.1) is 24.3 Å². The van der Waals surface area contributed by atoms with E-state index in [0.717, 1.165) is 10.9 Å². The van der Waals surface area contributed by atoms with E-state index in [9.17, 15) is 4.79 Å². The number of nitrogens with two attached hydrogens (primary N) is 1. The lowest BCUT2D eigenvalue weighted by Crippen LogP contribution is -2.51. The maximum atomic E-state index is 12.6. The molecule has 0 aliphatic carbocycles. The van der Waals surface area contributed by atoms with Crippen molar-refractivity contribution in [3.8, 4) is 0 Å². The highest BCUT2D eigenvalue weighted by Crippen LogP contribution is 2.22. The summed E-state index contributed by atoms with van der Waals surface area (Å²) in [6.07, 6.45) is 2.50. The van der Waals surface area contributed by atoms with Gasteiger partial charge in [-0.25, -0.2) is 4.98 Å². The van der Waals surface area contributed by atoms with Gasteiger partial charge in [-0.05, 0) is 35.3 Å². The minimum Gasteiger partial charge on any atom is -0.383 e. The van der Waals surface area contributed by atoms with Gasteiger partial charge in [0.2, 0.25) is 0 Å². The SMILES string of the molecule is CCC1COC(C)CN1C(=O)c1cc(Br)cnc1N. The topological polar surface area (TPSA) is 68.5 Å². The van der Waals surface area contributed by atoms with E-state index in [4.69, 9.17) is 10.5 Å². The summed E-state index contributed by atoms with van der Waals surface area (Å²) < 4.78 is 6.35. The molecular formula is C13H18BrN3O2. The van der Waals surface area contributed by atoms with Gasteiger partial charge in [-0.2, -0.15) is 0 Å². The molecule has 1 amide bonds. The fourth-order valence-corrected chi connectivity index (χ4v) is 2.54. The van der Waals surface area contributed by atoms with E-state index in [0.29, 0.717) is 18.7 Å². The fraction of sp³-hybridized carbons (Fsp3) is 0.538. The van der Waals surface area contributed by atoms with Crippen molar-refractivity contribution in [3.63, 3.8) is 0 Å². The summed E-state index contributed by atoms with van der Waals surface area (Å²) in [6, 6.07) is 1.82. The number of morpholine rings is 1. The zero-order valence-corrected chi connectivity index (χ0v) is 12.7. The highest BCUT2D eigenvalue weighted by atomic mass is 79.9. The van der Waals surface area contributed by atoms with Gasteiger partial charge in [0, 0.05) is 17.2 Å². The van der Waals surface area contributed by atoms with Gasteiger partial charge >= 0.3 is 0 Å². The molecule has 0 spiro atoms. The molecule has 1 aromatic rings. The number of nitrogen functional groups attached to an aromatic ring is 1. The van der Waals surface area contributed by atoms with Gasteiger partial charge in [0.1, 0.15) is 5.82 Å². The molecule has 2 atom stereocenters. The van der Waals surface area contributed by atoms with Crippen molar-refractivity contribution in [2.45, 2.75) is 32.4 Å². The van der Waals surface area contributed by atoms with Crippen LogP contribution in [0.5, 0.6) is 0 Å². The molecule has 1 aliphatic rings. The summed E-state index contributed by atoms with van der Waals surface area (Å²) in [5.41, 5.74) is 6.25. The number of hydrogen-bond acceptors (Lipinski definition) is 4. The van der Waals surface area contributed by atoms with E-state index < -0.39 is 0 Å². The first-order valence-electron chi connectivity index (χ1n) is 6.36. The second-order valence-electron chi connectivity index (χ2n) is 4.75. The first-order chi connectivity index (χ1) is 9.02. The molecule has 1 saturated heterocycles. The molecule has 2 N–H and O–H groups in total. The second kappa shape index (κ2) is 5.88. The summed E-state index contributed by atoms with van der Waals surface area (Å²) in [7, 11) is 0. The van der Waals surface area contributed by atoms with Crippen LogP contribution in [0.1, 0.15) is 30.6 Å². The number of ether oxygens (including phenoxy) is 1. The number of nitrogens with zero attached hydrogens (tertiary/aromatic N) is 2. The zero-order chi connectivity index (χ0) is 14.0. The van der Waals surface area contributed by atoms with Crippen molar-refractivity contribution >= 4 is 27.7 Å². The van der Waals surface area contributed by atoms with E-state index in [2.05, 4.69) is 20.9 Å². The standard InChI is InChI=1S/C13H18BrN3O2/c1-3-10-7-19-8(2)6-17(10)13(18)11-4-9(14)5-16-12(11)15/h4-5,8,10H,3,6-7H2,1-2H3,(H2,15,16). The number of hydrogen-bond donors (Lipinski definition) is 1. The van der Waals surface area contributed by atoms with Crippen LogP contribution in [0, 0.1) is 0 Å². The van der Waals surface area contributed by atoms with Crippen molar-refractivity contribution in [2.24, 2.45) is 0 Å². The van der Waals surface area contributed by atoms with Crippen LogP contribution in [-0.4, -0.2) is 41.1 Å². The van der Waals surface area contributed by atoms with E-state index in [1.54, 1.807) is 12.3 Å². The molecule has 0 aromatic carbocycles. The number of amides is 1. The zero-order valence-electron chi connectivity index (χ0n) is 11.1. The summed E-state index contributed by atoms with van der Waals surface area (Å²) in [5, 5.41) is 0. The monoisotopic (exact) mass is 327 g/mol. The third-order valence-electron chi connectivity index (χ3n) is 3.32. The molecular weight excluding hydrogens is 310 g/mol. The van der Waals surface area contributed by atoms with Crippen LogP contribution < -0.4 is 5.73 Å². The van der Waals surface area contributed by atoms with Crippen molar-refractivity contribution in [3.05, 3.63) is 22.3 Å². The van der Waals surface area contributed by atoms with E-state index in [1.807, 2.05) is 18.7 Å². The first-order valence-corrected chi connectivity index (χ1v) is 7.15. The number of halogens is 1. The molecule has 19 heavy (non-hydrogen) atoms. The Balaban J connectivity index is 2.28. The Morgan fingerprint density at radius 2 is 2.42 bits per heavy atom. The third-order valence-corrected chi connectivity index (χ3v) is 3.75. The molecule has 1 aliphatic heterocycles. The highest BCUT2D eigenvalue weighted by molar-refractivity contribution is 9.10. The van der Waals surface area contributed by atoms with Gasteiger partial charge in [-0.3, -0.25) is 4.79 Å². The van der Waals surface area contributed by atoms with Crippen molar-refractivity contribution in [1.82, 2.24) is 9.88 Å².